The molecule has 33 heavy (non-hydrogen) atoms. The summed E-state index contributed by atoms with van der Waals surface area (Å²) in [5.74, 6) is 1.55. The van der Waals surface area contributed by atoms with Crippen molar-refractivity contribution in [2.45, 2.75) is 30.9 Å². The van der Waals surface area contributed by atoms with Crippen LogP contribution < -0.4 is 9.47 Å². The third-order valence-electron chi connectivity index (χ3n) is 4.61. The molecule has 1 heterocycles. The molecule has 3 rings (SSSR count). The van der Waals surface area contributed by atoms with E-state index in [0.717, 1.165) is 11.8 Å². The van der Waals surface area contributed by atoms with E-state index in [9.17, 15) is 26.3 Å². The Morgan fingerprint density at radius 3 is 1.97 bits per heavy atom. The average molecular weight is 491 g/mol. The molecular formula is C21H19F6N3O2S. The molecule has 0 saturated carbocycles. The van der Waals surface area contributed by atoms with Gasteiger partial charge in [0.25, 0.3) is 0 Å². The number of thioether (sulfide) groups is 1. The number of aromatic nitrogens is 3. The lowest BCUT2D eigenvalue weighted by molar-refractivity contribution is -0.143. The van der Waals surface area contributed by atoms with Gasteiger partial charge in [0.1, 0.15) is 5.82 Å². The molecule has 0 bridgehead atoms. The molecule has 0 radical (unpaired) electrons. The molecule has 0 aliphatic carbocycles. The summed E-state index contributed by atoms with van der Waals surface area (Å²) in [5.41, 5.74) is -2.50. The fourth-order valence-corrected chi connectivity index (χ4v) is 3.83. The standard InChI is InChI=1S/C21H19F6N3O2S/c1-4-33-19-29-28-18(8-12-5-6-16(31-2)17(7-12)32-3)30(19)15-10-13(20(22,23)24)9-14(11-15)21(25,26)27/h5-7,9-11H,4,8H2,1-3H3. The SMILES string of the molecule is CCSc1nnc(Cc2ccc(OC)c(OC)c2)n1-c1cc(C(F)(F)F)cc(C(F)(F)F)c1. The van der Waals surface area contributed by atoms with E-state index in [1.165, 1.54) is 18.8 Å². The van der Waals surface area contributed by atoms with E-state index in [4.69, 9.17) is 9.47 Å². The first-order valence-electron chi connectivity index (χ1n) is 9.55. The molecule has 3 aromatic rings. The fourth-order valence-electron chi connectivity index (χ4n) is 3.14. The summed E-state index contributed by atoms with van der Waals surface area (Å²) in [6.45, 7) is 1.78. The lowest BCUT2D eigenvalue weighted by atomic mass is 10.1. The van der Waals surface area contributed by atoms with Gasteiger partial charge in [-0.3, -0.25) is 4.57 Å². The first-order valence-corrected chi connectivity index (χ1v) is 10.5. The highest BCUT2D eigenvalue weighted by Crippen LogP contribution is 2.38. The first kappa shape index (κ1) is 24.7. The lowest BCUT2D eigenvalue weighted by Gasteiger charge is -2.17. The largest absolute Gasteiger partial charge is 0.493 e. The topological polar surface area (TPSA) is 49.2 Å². The van der Waals surface area contributed by atoms with E-state index in [-0.39, 0.29) is 29.2 Å². The number of methoxy groups -OCH3 is 2. The van der Waals surface area contributed by atoms with Crippen LogP contribution in [0.2, 0.25) is 0 Å². The zero-order valence-corrected chi connectivity index (χ0v) is 18.5. The Morgan fingerprint density at radius 1 is 0.848 bits per heavy atom. The Kier molecular flexibility index (Phi) is 7.15. The predicted molar refractivity (Wildman–Crippen MR) is 110 cm³/mol. The Morgan fingerprint density at radius 2 is 1.45 bits per heavy atom. The van der Waals surface area contributed by atoms with Crippen LogP contribution in [0.4, 0.5) is 26.3 Å². The summed E-state index contributed by atoms with van der Waals surface area (Å²) in [6.07, 6.45) is -9.85. The van der Waals surface area contributed by atoms with Gasteiger partial charge in [-0.05, 0) is 41.6 Å². The fraction of sp³-hybridized carbons (Fsp3) is 0.333. The van der Waals surface area contributed by atoms with Gasteiger partial charge < -0.3 is 9.47 Å². The number of nitrogens with zero attached hydrogens (tertiary/aromatic N) is 3. The number of ether oxygens (including phenoxy) is 2. The van der Waals surface area contributed by atoms with Crippen molar-refractivity contribution in [2.24, 2.45) is 0 Å². The number of alkyl halides is 6. The van der Waals surface area contributed by atoms with Crippen LogP contribution in [0.3, 0.4) is 0 Å². The smallest absolute Gasteiger partial charge is 0.416 e. The minimum absolute atomic E-state index is 0.0786. The van der Waals surface area contributed by atoms with Gasteiger partial charge in [-0.15, -0.1) is 10.2 Å². The zero-order chi connectivity index (χ0) is 24.4. The molecule has 0 aliphatic heterocycles. The van der Waals surface area contributed by atoms with Gasteiger partial charge in [-0.1, -0.05) is 24.8 Å². The molecule has 12 heteroatoms. The third-order valence-corrected chi connectivity index (χ3v) is 5.43. The van der Waals surface area contributed by atoms with Gasteiger partial charge in [-0.2, -0.15) is 26.3 Å². The molecule has 0 unspecified atom stereocenters. The average Bonchev–Trinajstić information content (AvgIpc) is 3.14. The highest BCUT2D eigenvalue weighted by Gasteiger charge is 2.37. The van der Waals surface area contributed by atoms with Crippen LogP contribution >= 0.6 is 11.8 Å². The number of hydrogen-bond acceptors (Lipinski definition) is 5. The number of benzene rings is 2. The summed E-state index contributed by atoms with van der Waals surface area (Å²) < 4.78 is 92.0. The minimum atomic E-state index is -4.97. The highest BCUT2D eigenvalue weighted by molar-refractivity contribution is 7.99. The van der Waals surface area contributed by atoms with Crippen molar-refractivity contribution >= 4 is 11.8 Å². The van der Waals surface area contributed by atoms with Crippen molar-refractivity contribution in [3.8, 4) is 17.2 Å². The van der Waals surface area contributed by atoms with Crippen LogP contribution in [0.1, 0.15) is 29.4 Å². The molecule has 5 nitrogen and oxygen atoms in total. The van der Waals surface area contributed by atoms with Crippen molar-refractivity contribution in [2.75, 3.05) is 20.0 Å². The van der Waals surface area contributed by atoms with E-state index in [1.54, 1.807) is 25.1 Å². The van der Waals surface area contributed by atoms with E-state index < -0.39 is 23.5 Å². The molecule has 1 aromatic heterocycles. The van der Waals surface area contributed by atoms with Crippen molar-refractivity contribution in [1.82, 2.24) is 14.8 Å². The van der Waals surface area contributed by atoms with Gasteiger partial charge in [0.2, 0.25) is 0 Å². The first-order chi connectivity index (χ1) is 15.5. The highest BCUT2D eigenvalue weighted by atomic mass is 32.2. The number of halogens is 6. The summed E-state index contributed by atoms with van der Waals surface area (Å²) >= 11 is 1.15. The molecule has 0 saturated heterocycles. The molecule has 0 aliphatic rings. The summed E-state index contributed by atoms with van der Waals surface area (Å²) in [4.78, 5) is 0. The monoisotopic (exact) mass is 491 g/mol. The molecule has 178 valence electrons. The second kappa shape index (κ2) is 9.54. The van der Waals surface area contributed by atoms with Crippen LogP contribution in [0.25, 0.3) is 5.69 Å². The second-order valence-electron chi connectivity index (χ2n) is 6.80. The quantitative estimate of drug-likeness (QED) is 0.299. The minimum Gasteiger partial charge on any atom is -0.493 e. The van der Waals surface area contributed by atoms with Crippen molar-refractivity contribution < 1.29 is 35.8 Å². The van der Waals surface area contributed by atoms with E-state index in [1.807, 2.05) is 0 Å². The summed E-state index contributed by atoms with van der Waals surface area (Å²) in [5, 5.41) is 8.22. The van der Waals surface area contributed by atoms with Gasteiger partial charge >= 0.3 is 12.4 Å². The molecule has 0 atom stereocenters. The summed E-state index contributed by atoms with van der Waals surface area (Å²) in [7, 11) is 2.91. The lowest BCUT2D eigenvalue weighted by Crippen LogP contribution is -2.13. The summed E-state index contributed by atoms with van der Waals surface area (Å²) in [6, 6.07) is 6.40. The molecule has 0 N–H and O–H groups in total. The normalized spacial score (nSPS) is 12.2. The van der Waals surface area contributed by atoms with Crippen molar-refractivity contribution in [1.29, 1.82) is 0 Å². The predicted octanol–water partition coefficient (Wildman–Crippen LogP) is 6.02. The molecule has 2 aromatic carbocycles. The van der Waals surface area contributed by atoms with Gasteiger partial charge in [0.15, 0.2) is 16.7 Å². The van der Waals surface area contributed by atoms with Crippen LogP contribution in [-0.4, -0.2) is 34.7 Å². The van der Waals surface area contributed by atoms with Gasteiger partial charge in [-0.25, -0.2) is 0 Å². The van der Waals surface area contributed by atoms with Crippen LogP contribution in [0.5, 0.6) is 11.5 Å². The van der Waals surface area contributed by atoms with E-state index in [2.05, 4.69) is 10.2 Å². The van der Waals surface area contributed by atoms with E-state index >= 15 is 0 Å². The molecule has 0 fully saturated rings. The maximum absolute atomic E-state index is 13.4. The number of hydrogen-bond donors (Lipinski definition) is 0. The molecule has 0 spiro atoms. The Labute approximate surface area is 189 Å². The maximum Gasteiger partial charge on any atom is 0.416 e. The number of rotatable bonds is 7. The Bertz CT molecular complexity index is 1100. The Hall–Kier alpha value is -2.89. The molecular weight excluding hydrogens is 472 g/mol. The maximum atomic E-state index is 13.4. The van der Waals surface area contributed by atoms with Crippen molar-refractivity contribution in [3.63, 3.8) is 0 Å². The molecule has 0 amide bonds. The van der Waals surface area contributed by atoms with E-state index in [0.29, 0.717) is 34.9 Å². The van der Waals surface area contributed by atoms with Gasteiger partial charge in [0, 0.05) is 6.42 Å². The second-order valence-corrected chi connectivity index (χ2v) is 8.03. The van der Waals surface area contributed by atoms with Crippen molar-refractivity contribution in [3.05, 3.63) is 58.9 Å². The third kappa shape index (κ3) is 5.55. The van der Waals surface area contributed by atoms with Crippen LogP contribution in [-0.2, 0) is 18.8 Å². The zero-order valence-electron chi connectivity index (χ0n) is 17.7. The van der Waals surface area contributed by atoms with Gasteiger partial charge in [0.05, 0.1) is 31.0 Å². The Balaban J connectivity index is 2.16. The van der Waals surface area contributed by atoms with Crippen LogP contribution in [0, 0.1) is 0 Å². The van der Waals surface area contributed by atoms with Crippen LogP contribution in [0.15, 0.2) is 41.6 Å².